The van der Waals surface area contributed by atoms with Gasteiger partial charge in [0.05, 0.1) is 5.41 Å². The van der Waals surface area contributed by atoms with Crippen LogP contribution in [0.2, 0.25) is 0 Å². The minimum Gasteiger partial charge on any atom is -0.444 e. The van der Waals surface area contributed by atoms with Crippen LogP contribution in [-0.4, -0.2) is 47.3 Å². The van der Waals surface area contributed by atoms with Crippen LogP contribution in [0.1, 0.15) is 65.9 Å². The normalized spacial score (nSPS) is 25.8. The first-order valence-electron chi connectivity index (χ1n) is 11.8. The molecule has 0 radical (unpaired) electrons. The molecule has 0 bridgehead atoms. The number of halogens is 3. The Morgan fingerprint density at radius 2 is 1.79 bits per heavy atom. The Hall–Kier alpha value is -2.51. The number of nitrogens with zero attached hydrogens (tertiary/aromatic N) is 1. The van der Waals surface area contributed by atoms with Crippen LogP contribution in [0.4, 0.5) is 18.0 Å². The third-order valence-corrected chi connectivity index (χ3v) is 6.91. The van der Waals surface area contributed by atoms with Gasteiger partial charge in [0.15, 0.2) is 0 Å². The number of carbonyl (C=O) groups excluding carboxylic acids is 2. The van der Waals surface area contributed by atoms with Crippen molar-refractivity contribution < 1.29 is 27.5 Å². The molecular weight excluding hydrogens is 445 g/mol. The van der Waals surface area contributed by atoms with Gasteiger partial charge in [0.25, 0.3) is 0 Å². The van der Waals surface area contributed by atoms with Gasteiger partial charge < -0.3 is 15.0 Å². The monoisotopic (exact) mass is 480 g/mol. The van der Waals surface area contributed by atoms with Crippen LogP contribution in [0.3, 0.4) is 0 Å². The smallest absolute Gasteiger partial charge is 0.409 e. The predicted octanol–water partition coefficient (Wildman–Crippen LogP) is 5.95. The van der Waals surface area contributed by atoms with Crippen LogP contribution in [0.5, 0.6) is 0 Å². The van der Waals surface area contributed by atoms with E-state index < -0.39 is 35.2 Å². The van der Waals surface area contributed by atoms with Crippen LogP contribution in [0.25, 0.3) is 5.57 Å². The summed E-state index contributed by atoms with van der Waals surface area (Å²) in [4.78, 5) is 27.0. The van der Waals surface area contributed by atoms with E-state index in [1.54, 1.807) is 51.1 Å². The van der Waals surface area contributed by atoms with Gasteiger partial charge in [-0.15, -0.1) is 0 Å². The molecule has 1 aliphatic carbocycles. The Morgan fingerprint density at radius 1 is 1.15 bits per heavy atom. The number of carbonyl (C=O) groups is 2. The molecule has 5 nitrogen and oxygen atoms in total. The second kappa shape index (κ2) is 9.62. The van der Waals surface area contributed by atoms with Gasteiger partial charge in [-0.3, -0.25) is 4.79 Å². The molecule has 2 amide bonds. The van der Waals surface area contributed by atoms with E-state index >= 15 is 0 Å². The standard InChI is InChI=1S/C26H35F3N2O3/c1-17(2)25(13-11-20(16-25)30-23(33)34-24(3,4)5)22(32)31-14-12-19(15-21(31)26(27,28)29)18-9-7-6-8-10-18/h6-10,12,17,20-21H,11,13-16H2,1-5H3,(H,30,33)/t20-,21?,25+/m1/s1. The molecule has 2 aliphatic rings. The van der Waals surface area contributed by atoms with Crippen molar-refractivity contribution >= 4 is 17.6 Å². The highest BCUT2D eigenvalue weighted by Gasteiger charge is 2.54. The van der Waals surface area contributed by atoms with Crippen molar-refractivity contribution in [2.45, 2.75) is 84.2 Å². The minimum absolute atomic E-state index is 0.0914. The minimum atomic E-state index is -4.55. The number of alkyl halides is 3. The number of ether oxygens (including phenoxy) is 1. The van der Waals surface area contributed by atoms with E-state index in [9.17, 15) is 22.8 Å². The summed E-state index contributed by atoms with van der Waals surface area (Å²) in [5.41, 5.74) is -0.294. The Labute approximate surface area is 199 Å². The molecule has 188 valence electrons. The Kier molecular flexibility index (Phi) is 7.39. The third kappa shape index (κ3) is 5.76. The molecule has 34 heavy (non-hydrogen) atoms. The van der Waals surface area contributed by atoms with Crippen molar-refractivity contribution in [1.29, 1.82) is 0 Å². The van der Waals surface area contributed by atoms with Gasteiger partial charge in [0.2, 0.25) is 5.91 Å². The van der Waals surface area contributed by atoms with E-state index in [-0.39, 0.29) is 24.9 Å². The fourth-order valence-electron chi connectivity index (χ4n) is 5.07. The van der Waals surface area contributed by atoms with E-state index in [0.29, 0.717) is 24.8 Å². The summed E-state index contributed by atoms with van der Waals surface area (Å²) in [6, 6.07) is 6.77. The number of alkyl carbamates (subject to hydrolysis) is 1. The molecule has 0 spiro atoms. The van der Waals surface area contributed by atoms with Crippen molar-refractivity contribution in [2.75, 3.05) is 6.54 Å². The quantitative estimate of drug-likeness (QED) is 0.579. The fourth-order valence-corrected chi connectivity index (χ4v) is 5.07. The van der Waals surface area contributed by atoms with Crippen molar-refractivity contribution in [2.24, 2.45) is 11.3 Å². The molecule has 1 aliphatic heterocycles. The second-order valence-electron chi connectivity index (χ2n) is 10.7. The van der Waals surface area contributed by atoms with Crippen molar-refractivity contribution in [3.63, 3.8) is 0 Å². The average Bonchev–Trinajstić information content (AvgIpc) is 3.16. The highest BCUT2D eigenvalue weighted by atomic mass is 19.4. The van der Waals surface area contributed by atoms with E-state index in [4.69, 9.17) is 4.74 Å². The average molecular weight is 481 g/mol. The first-order valence-corrected chi connectivity index (χ1v) is 11.8. The summed E-state index contributed by atoms with van der Waals surface area (Å²) < 4.78 is 47.8. The Balaban J connectivity index is 1.83. The molecule has 1 aromatic rings. The maximum atomic E-state index is 14.2. The topological polar surface area (TPSA) is 58.6 Å². The summed E-state index contributed by atoms with van der Waals surface area (Å²) in [5.74, 6) is -0.666. The predicted molar refractivity (Wildman–Crippen MR) is 125 cm³/mol. The third-order valence-electron chi connectivity index (χ3n) is 6.91. The molecule has 3 atom stereocenters. The maximum absolute atomic E-state index is 14.2. The number of benzene rings is 1. The SMILES string of the molecule is CC(C)[C@]1(C(=O)N2CC=C(c3ccccc3)CC2C(F)(F)F)CC[C@@H](NC(=O)OC(C)(C)C)C1. The van der Waals surface area contributed by atoms with Gasteiger partial charge in [-0.2, -0.15) is 13.2 Å². The molecule has 1 heterocycles. The van der Waals surface area contributed by atoms with Gasteiger partial charge in [-0.05, 0) is 57.1 Å². The fraction of sp³-hybridized carbons (Fsp3) is 0.615. The van der Waals surface area contributed by atoms with Crippen LogP contribution < -0.4 is 5.32 Å². The van der Waals surface area contributed by atoms with E-state index in [2.05, 4.69) is 5.32 Å². The summed E-state index contributed by atoms with van der Waals surface area (Å²) in [5, 5.41) is 2.81. The van der Waals surface area contributed by atoms with E-state index in [1.165, 1.54) is 0 Å². The number of hydrogen-bond acceptors (Lipinski definition) is 3. The Bertz CT molecular complexity index is 921. The van der Waals surface area contributed by atoms with Crippen LogP contribution >= 0.6 is 0 Å². The molecular formula is C26H35F3N2O3. The van der Waals surface area contributed by atoms with Crippen LogP contribution in [-0.2, 0) is 9.53 Å². The summed E-state index contributed by atoms with van der Waals surface area (Å²) in [7, 11) is 0. The number of rotatable bonds is 4. The molecule has 1 aromatic carbocycles. The molecule has 0 aromatic heterocycles. The van der Waals surface area contributed by atoms with Gasteiger partial charge in [0.1, 0.15) is 11.6 Å². The van der Waals surface area contributed by atoms with Gasteiger partial charge in [-0.1, -0.05) is 50.3 Å². The van der Waals surface area contributed by atoms with Crippen LogP contribution in [0, 0.1) is 11.3 Å². The zero-order chi connectivity index (χ0) is 25.3. The molecule has 1 N–H and O–H groups in total. The van der Waals surface area contributed by atoms with Crippen molar-refractivity contribution in [3.8, 4) is 0 Å². The molecule has 1 unspecified atom stereocenters. The highest BCUT2D eigenvalue weighted by Crippen LogP contribution is 2.48. The lowest BCUT2D eigenvalue weighted by Crippen LogP contribution is -2.56. The maximum Gasteiger partial charge on any atom is 0.409 e. The number of hydrogen-bond donors (Lipinski definition) is 1. The lowest BCUT2D eigenvalue weighted by Gasteiger charge is -2.43. The van der Waals surface area contributed by atoms with E-state index in [1.807, 2.05) is 19.9 Å². The molecule has 3 rings (SSSR count). The lowest BCUT2D eigenvalue weighted by atomic mass is 9.73. The van der Waals surface area contributed by atoms with Crippen molar-refractivity contribution in [3.05, 3.63) is 42.0 Å². The second-order valence-corrected chi connectivity index (χ2v) is 10.7. The van der Waals surface area contributed by atoms with Crippen molar-refractivity contribution in [1.82, 2.24) is 10.2 Å². The largest absolute Gasteiger partial charge is 0.444 e. The zero-order valence-electron chi connectivity index (χ0n) is 20.5. The zero-order valence-corrected chi connectivity index (χ0v) is 20.5. The van der Waals surface area contributed by atoms with E-state index in [0.717, 1.165) is 10.5 Å². The molecule has 1 fully saturated rings. The first kappa shape index (κ1) is 26.1. The Morgan fingerprint density at radius 3 is 2.35 bits per heavy atom. The number of amides is 2. The van der Waals surface area contributed by atoms with Crippen LogP contribution in [0.15, 0.2) is 36.4 Å². The summed E-state index contributed by atoms with van der Waals surface area (Å²) in [6.07, 6.45) is -2.44. The number of nitrogens with one attached hydrogen (secondary N) is 1. The lowest BCUT2D eigenvalue weighted by molar-refractivity contribution is -0.194. The molecule has 8 heteroatoms. The highest BCUT2D eigenvalue weighted by molar-refractivity contribution is 5.85. The molecule has 1 saturated carbocycles. The van der Waals surface area contributed by atoms with Gasteiger partial charge in [-0.25, -0.2) is 4.79 Å². The molecule has 0 saturated heterocycles. The van der Waals surface area contributed by atoms with Gasteiger partial charge in [0, 0.05) is 19.0 Å². The van der Waals surface area contributed by atoms with Gasteiger partial charge >= 0.3 is 12.3 Å². The summed E-state index contributed by atoms with van der Waals surface area (Å²) in [6.45, 7) is 8.92. The summed E-state index contributed by atoms with van der Waals surface area (Å²) >= 11 is 0. The first-order chi connectivity index (χ1) is 15.7.